The summed E-state index contributed by atoms with van der Waals surface area (Å²) >= 11 is 3.36. The third-order valence-corrected chi connectivity index (χ3v) is 3.84. The van der Waals surface area contributed by atoms with Crippen LogP contribution in [0.2, 0.25) is 0 Å². The Kier molecular flexibility index (Phi) is 9.10. The normalized spacial score (nSPS) is 12.6. The zero-order chi connectivity index (χ0) is 13.9. The minimum absolute atomic E-state index is 0.246. The Morgan fingerprint density at radius 3 is 2.42 bits per heavy atom. The maximum Gasteiger partial charge on any atom is 0.0595 e. The summed E-state index contributed by atoms with van der Waals surface area (Å²) in [4.78, 5) is 4.29. The van der Waals surface area contributed by atoms with Gasteiger partial charge >= 0.3 is 0 Å². The van der Waals surface area contributed by atoms with Crippen LogP contribution in [0.5, 0.6) is 0 Å². The van der Waals surface area contributed by atoms with Crippen LogP contribution in [-0.2, 0) is 6.42 Å². The first-order valence-electron chi connectivity index (χ1n) is 7.51. The SMILES string of the molecule is CCCCCCCCCC(O)Cc1ccc(Br)cn1. The fraction of sp³-hybridized carbons (Fsp3) is 0.688. The summed E-state index contributed by atoms with van der Waals surface area (Å²) in [5.41, 5.74) is 0.971. The lowest BCUT2D eigenvalue weighted by molar-refractivity contribution is 0.159. The van der Waals surface area contributed by atoms with E-state index in [0.29, 0.717) is 6.42 Å². The molecule has 1 aromatic rings. The molecule has 0 amide bonds. The average Bonchev–Trinajstić information content (AvgIpc) is 2.40. The number of aliphatic hydroxyl groups excluding tert-OH is 1. The Hall–Kier alpha value is -0.410. The van der Waals surface area contributed by atoms with E-state index in [9.17, 15) is 5.11 Å². The molecule has 1 rings (SSSR count). The lowest BCUT2D eigenvalue weighted by atomic mass is 10.0. The van der Waals surface area contributed by atoms with Crippen molar-refractivity contribution in [2.75, 3.05) is 0 Å². The van der Waals surface area contributed by atoms with Gasteiger partial charge in [-0.15, -0.1) is 0 Å². The molecule has 1 heterocycles. The molecule has 0 aliphatic carbocycles. The van der Waals surface area contributed by atoms with Crippen molar-refractivity contribution in [2.24, 2.45) is 0 Å². The third-order valence-electron chi connectivity index (χ3n) is 3.37. The van der Waals surface area contributed by atoms with Crippen molar-refractivity contribution in [3.8, 4) is 0 Å². The number of hydrogen-bond donors (Lipinski definition) is 1. The number of pyridine rings is 1. The van der Waals surface area contributed by atoms with Gasteiger partial charge in [0.2, 0.25) is 0 Å². The standard InChI is InChI=1S/C16H26BrNO/c1-2-3-4-5-6-7-8-9-16(19)12-15-11-10-14(17)13-18-15/h10-11,13,16,19H,2-9,12H2,1H3. The zero-order valence-corrected chi connectivity index (χ0v) is 13.5. The summed E-state index contributed by atoms with van der Waals surface area (Å²) in [7, 11) is 0. The maximum atomic E-state index is 9.96. The second-order valence-corrected chi connectivity index (χ2v) is 6.15. The first-order chi connectivity index (χ1) is 9.22. The molecule has 0 aromatic carbocycles. The van der Waals surface area contributed by atoms with E-state index in [1.165, 1.54) is 38.5 Å². The quantitative estimate of drug-likeness (QED) is 0.621. The van der Waals surface area contributed by atoms with E-state index in [2.05, 4.69) is 27.8 Å². The van der Waals surface area contributed by atoms with Gasteiger partial charge in [0.1, 0.15) is 0 Å². The highest BCUT2D eigenvalue weighted by atomic mass is 79.9. The lowest BCUT2D eigenvalue weighted by Crippen LogP contribution is -2.11. The monoisotopic (exact) mass is 327 g/mol. The fourth-order valence-electron chi connectivity index (χ4n) is 2.21. The van der Waals surface area contributed by atoms with Crippen molar-refractivity contribution < 1.29 is 5.11 Å². The molecular weight excluding hydrogens is 302 g/mol. The van der Waals surface area contributed by atoms with Crippen LogP contribution < -0.4 is 0 Å². The maximum absolute atomic E-state index is 9.96. The molecule has 0 saturated heterocycles. The summed E-state index contributed by atoms with van der Waals surface area (Å²) in [6.07, 6.45) is 12.2. The van der Waals surface area contributed by atoms with E-state index in [-0.39, 0.29) is 6.10 Å². The Balaban J connectivity index is 2.04. The fourth-order valence-corrected chi connectivity index (χ4v) is 2.44. The van der Waals surface area contributed by atoms with E-state index in [1.807, 2.05) is 12.1 Å². The molecule has 0 bridgehead atoms. The van der Waals surface area contributed by atoms with Crippen LogP contribution in [0, 0.1) is 0 Å². The highest BCUT2D eigenvalue weighted by molar-refractivity contribution is 9.10. The van der Waals surface area contributed by atoms with Gasteiger partial charge in [0, 0.05) is 22.8 Å². The average molecular weight is 328 g/mol. The summed E-state index contributed by atoms with van der Waals surface area (Å²) in [5.74, 6) is 0. The van der Waals surface area contributed by atoms with Crippen molar-refractivity contribution in [1.82, 2.24) is 4.98 Å². The van der Waals surface area contributed by atoms with Crippen molar-refractivity contribution in [3.05, 3.63) is 28.5 Å². The molecule has 1 N–H and O–H groups in total. The second-order valence-electron chi connectivity index (χ2n) is 5.24. The van der Waals surface area contributed by atoms with Crippen LogP contribution in [0.1, 0.15) is 64.0 Å². The largest absolute Gasteiger partial charge is 0.393 e. The Morgan fingerprint density at radius 2 is 1.79 bits per heavy atom. The van der Waals surface area contributed by atoms with Gasteiger partial charge in [-0.2, -0.15) is 0 Å². The molecule has 0 radical (unpaired) electrons. The predicted molar refractivity (Wildman–Crippen MR) is 84.3 cm³/mol. The number of aliphatic hydroxyl groups is 1. The minimum Gasteiger partial charge on any atom is -0.393 e. The molecule has 1 aromatic heterocycles. The first-order valence-corrected chi connectivity index (χ1v) is 8.30. The van der Waals surface area contributed by atoms with Crippen LogP contribution in [0.25, 0.3) is 0 Å². The van der Waals surface area contributed by atoms with Crippen molar-refractivity contribution in [2.45, 2.75) is 70.8 Å². The lowest BCUT2D eigenvalue weighted by Gasteiger charge is -2.10. The molecule has 108 valence electrons. The molecule has 0 fully saturated rings. The molecule has 2 nitrogen and oxygen atoms in total. The Morgan fingerprint density at radius 1 is 1.11 bits per heavy atom. The molecular formula is C16H26BrNO. The van der Waals surface area contributed by atoms with E-state index >= 15 is 0 Å². The van der Waals surface area contributed by atoms with Crippen LogP contribution >= 0.6 is 15.9 Å². The van der Waals surface area contributed by atoms with E-state index < -0.39 is 0 Å². The minimum atomic E-state index is -0.246. The van der Waals surface area contributed by atoms with Gasteiger partial charge < -0.3 is 5.11 Å². The molecule has 0 spiro atoms. The van der Waals surface area contributed by atoms with Gasteiger partial charge in [-0.25, -0.2) is 0 Å². The molecule has 3 heteroatoms. The van der Waals surface area contributed by atoms with Crippen LogP contribution in [0.3, 0.4) is 0 Å². The highest BCUT2D eigenvalue weighted by Crippen LogP contribution is 2.13. The summed E-state index contributed by atoms with van der Waals surface area (Å²) in [5, 5.41) is 9.96. The topological polar surface area (TPSA) is 33.1 Å². The van der Waals surface area contributed by atoms with Gasteiger partial charge in [-0.05, 0) is 34.5 Å². The van der Waals surface area contributed by atoms with Crippen molar-refractivity contribution in [1.29, 1.82) is 0 Å². The predicted octanol–water partition coefficient (Wildman–Crippen LogP) is 4.89. The van der Waals surface area contributed by atoms with Gasteiger partial charge in [0.15, 0.2) is 0 Å². The molecule has 0 aliphatic rings. The molecule has 0 aliphatic heterocycles. The third kappa shape index (κ3) is 8.38. The summed E-state index contributed by atoms with van der Waals surface area (Å²) in [6, 6.07) is 3.95. The second kappa shape index (κ2) is 10.4. The number of nitrogens with zero attached hydrogens (tertiary/aromatic N) is 1. The van der Waals surface area contributed by atoms with Gasteiger partial charge in [-0.1, -0.05) is 51.9 Å². The van der Waals surface area contributed by atoms with Crippen LogP contribution in [0.15, 0.2) is 22.8 Å². The molecule has 1 unspecified atom stereocenters. The van der Waals surface area contributed by atoms with Crippen LogP contribution in [-0.4, -0.2) is 16.2 Å². The number of halogens is 1. The molecule has 1 atom stereocenters. The highest BCUT2D eigenvalue weighted by Gasteiger charge is 2.06. The van der Waals surface area contributed by atoms with Crippen LogP contribution in [0.4, 0.5) is 0 Å². The number of rotatable bonds is 10. The summed E-state index contributed by atoms with van der Waals surface area (Å²) < 4.78 is 0.984. The van der Waals surface area contributed by atoms with E-state index in [1.54, 1.807) is 6.20 Å². The summed E-state index contributed by atoms with van der Waals surface area (Å²) in [6.45, 7) is 2.24. The first kappa shape index (κ1) is 16.6. The van der Waals surface area contributed by atoms with E-state index in [0.717, 1.165) is 23.0 Å². The zero-order valence-electron chi connectivity index (χ0n) is 11.9. The van der Waals surface area contributed by atoms with Gasteiger partial charge in [0.05, 0.1) is 6.10 Å². The number of aromatic nitrogens is 1. The smallest absolute Gasteiger partial charge is 0.0595 e. The van der Waals surface area contributed by atoms with E-state index in [4.69, 9.17) is 0 Å². The number of unbranched alkanes of at least 4 members (excludes halogenated alkanes) is 6. The number of hydrogen-bond acceptors (Lipinski definition) is 2. The van der Waals surface area contributed by atoms with Crippen molar-refractivity contribution in [3.63, 3.8) is 0 Å². The van der Waals surface area contributed by atoms with Gasteiger partial charge in [-0.3, -0.25) is 4.98 Å². The Bertz CT molecular complexity index is 326. The van der Waals surface area contributed by atoms with Crippen molar-refractivity contribution >= 4 is 15.9 Å². The Labute approximate surface area is 125 Å². The van der Waals surface area contributed by atoms with Gasteiger partial charge in [0.25, 0.3) is 0 Å². The molecule has 0 saturated carbocycles. The molecule has 19 heavy (non-hydrogen) atoms.